The minimum absolute atomic E-state index is 0.0424. The van der Waals surface area contributed by atoms with Crippen molar-refractivity contribution in [1.82, 2.24) is 19.9 Å². The van der Waals surface area contributed by atoms with Crippen molar-refractivity contribution in [1.29, 1.82) is 0 Å². The van der Waals surface area contributed by atoms with E-state index in [1.165, 1.54) is 0 Å². The van der Waals surface area contributed by atoms with E-state index >= 15 is 0 Å². The topological polar surface area (TPSA) is 68.2 Å². The van der Waals surface area contributed by atoms with Crippen molar-refractivity contribution in [3.05, 3.63) is 65.9 Å². The van der Waals surface area contributed by atoms with Gasteiger partial charge in [-0.25, -0.2) is 9.97 Å². The number of ether oxygens (including phenoxy) is 1. The summed E-state index contributed by atoms with van der Waals surface area (Å²) >= 11 is 0. The van der Waals surface area contributed by atoms with Crippen LogP contribution in [0.5, 0.6) is 0 Å². The van der Waals surface area contributed by atoms with E-state index in [0.29, 0.717) is 31.1 Å². The van der Waals surface area contributed by atoms with Crippen LogP contribution in [0.4, 0.5) is 0 Å². The van der Waals surface area contributed by atoms with Crippen molar-refractivity contribution in [3.63, 3.8) is 0 Å². The third-order valence-electron chi connectivity index (χ3n) is 4.29. The van der Waals surface area contributed by atoms with Crippen molar-refractivity contribution in [2.24, 2.45) is 0 Å². The molecule has 0 spiro atoms. The number of rotatable bonds is 2. The van der Waals surface area contributed by atoms with Gasteiger partial charge < -0.3 is 9.64 Å². The maximum atomic E-state index is 12.9. The molecule has 1 aliphatic rings. The Morgan fingerprint density at radius 3 is 3.00 bits per heavy atom. The molecule has 0 radical (unpaired) electrons. The second kappa shape index (κ2) is 6.57. The number of carbonyl (C=O) groups excluding carboxylic acids is 1. The number of morpholine rings is 1. The lowest BCUT2D eigenvalue weighted by Gasteiger charge is -2.32. The largest absolute Gasteiger partial charge is 0.367 e. The van der Waals surface area contributed by atoms with Crippen molar-refractivity contribution in [2.75, 3.05) is 19.7 Å². The molecule has 3 heterocycles. The summed E-state index contributed by atoms with van der Waals surface area (Å²) in [5, 5.41) is 0.958. The van der Waals surface area contributed by atoms with Crippen LogP contribution in [0.25, 0.3) is 10.9 Å². The van der Waals surface area contributed by atoms with Gasteiger partial charge in [-0.15, -0.1) is 0 Å². The van der Waals surface area contributed by atoms with Gasteiger partial charge in [-0.2, -0.15) is 0 Å². The molecule has 1 fully saturated rings. The summed E-state index contributed by atoms with van der Waals surface area (Å²) in [6.07, 6.45) is 3.05. The quantitative estimate of drug-likeness (QED) is 0.720. The number of aryl methyl sites for hydroxylation is 1. The summed E-state index contributed by atoms with van der Waals surface area (Å²) in [6.45, 7) is 3.37. The molecule has 0 unspecified atom stereocenters. The fraction of sp³-hybridized carbons (Fsp3) is 0.263. The molecule has 1 aliphatic heterocycles. The summed E-state index contributed by atoms with van der Waals surface area (Å²) in [6, 6.07) is 11.5. The van der Waals surface area contributed by atoms with Crippen LogP contribution in [0.1, 0.15) is 28.0 Å². The van der Waals surface area contributed by atoms with E-state index in [1.54, 1.807) is 17.3 Å². The molecule has 1 saturated heterocycles. The molecule has 3 aromatic rings. The molecule has 0 bridgehead atoms. The molecule has 0 aliphatic carbocycles. The molecule has 0 saturated carbocycles. The lowest BCUT2D eigenvalue weighted by Crippen LogP contribution is -2.42. The van der Waals surface area contributed by atoms with Gasteiger partial charge in [-0.3, -0.25) is 9.78 Å². The Kier molecular flexibility index (Phi) is 4.11. The van der Waals surface area contributed by atoms with Gasteiger partial charge in [0.2, 0.25) is 0 Å². The third-order valence-corrected chi connectivity index (χ3v) is 4.29. The lowest BCUT2D eigenvalue weighted by molar-refractivity contribution is -0.0268. The van der Waals surface area contributed by atoms with Crippen LogP contribution in [0.15, 0.2) is 48.8 Å². The number of hydrogen-bond donors (Lipinski definition) is 0. The Balaban J connectivity index is 1.56. The van der Waals surface area contributed by atoms with Crippen LogP contribution in [0.3, 0.4) is 0 Å². The van der Waals surface area contributed by atoms with E-state index in [2.05, 4.69) is 15.0 Å². The molecule has 1 aromatic carbocycles. The van der Waals surface area contributed by atoms with Crippen molar-refractivity contribution >= 4 is 16.8 Å². The molecule has 1 amide bonds. The molecule has 2 aromatic heterocycles. The molecule has 6 nitrogen and oxygen atoms in total. The van der Waals surface area contributed by atoms with Crippen LogP contribution < -0.4 is 0 Å². The van der Waals surface area contributed by atoms with Crippen LogP contribution >= 0.6 is 0 Å². The highest BCUT2D eigenvalue weighted by Gasteiger charge is 2.28. The van der Waals surface area contributed by atoms with Gasteiger partial charge in [0.1, 0.15) is 6.10 Å². The Labute approximate surface area is 145 Å². The number of carbonyl (C=O) groups is 1. The van der Waals surface area contributed by atoms with Gasteiger partial charge in [0.25, 0.3) is 5.91 Å². The predicted molar refractivity (Wildman–Crippen MR) is 93.1 cm³/mol. The fourth-order valence-electron chi connectivity index (χ4n) is 2.98. The van der Waals surface area contributed by atoms with Gasteiger partial charge >= 0.3 is 0 Å². The second-order valence-corrected chi connectivity index (χ2v) is 6.08. The molecule has 4 rings (SSSR count). The number of nitrogens with zero attached hydrogens (tertiary/aromatic N) is 4. The van der Waals surface area contributed by atoms with Gasteiger partial charge in [0.05, 0.1) is 24.2 Å². The Morgan fingerprint density at radius 2 is 2.12 bits per heavy atom. The first kappa shape index (κ1) is 15.7. The zero-order valence-electron chi connectivity index (χ0n) is 13.9. The summed E-state index contributed by atoms with van der Waals surface area (Å²) in [5.41, 5.74) is 2.35. The Hall–Kier alpha value is -2.86. The first-order valence-corrected chi connectivity index (χ1v) is 8.26. The molecule has 25 heavy (non-hydrogen) atoms. The zero-order valence-corrected chi connectivity index (χ0v) is 13.9. The van der Waals surface area contributed by atoms with Gasteiger partial charge in [0.15, 0.2) is 5.82 Å². The third kappa shape index (κ3) is 3.21. The zero-order chi connectivity index (χ0) is 17.2. The predicted octanol–water partition coefficient (Wildman–Crippen LogP) is 2.55. The number of hydrogen-bond acceptors (Lipinski definition) is 5. The average molecular weight is 334 g/mol. The van der Waals surface area contributed by atoms with Crippen molar-refractivity contribution in [3.8, 4) is 0 Å². The number of aromatic nitrogens is 3. The number of benzene rings is 1. The van der Waals surface area contributed by atoms with Crippen LogP contribution in [-0.2, 0) is 4.74 Å². The van der Waals surface area contributed by atoms with Crippen LogP contribution in [-0.4, -0.2) is 45.5 Å². The normalized spacial score (nSPS) is 17.6. The van der Waals surface area contributed by atoms with Crippen LogP contribution in [0.2, 0.25) is 0 Å². The second-order valence-electron chi connectivity index (χ2n) is 6.08. The minimum Gasteiger partial charge on any atom is -0.367 e. The fourth-order valence-corrected chi connectivity index (χ4v) is 2.98. The molecule has 6 heteroatoms. The number of fused-ring (bicyclic) bond motifs is 1. The highest BCUT2D eigenvalue weighted by atomic mass is 16.5. The van der Waals surface area contributed by atoms with Gasteiger partial charge in [-0.1, -0.05) is 18.2 Å². The average Bonchev–Trinajstić information content (AvgIpc) is 2.67. The molecular weight excluding hydrogens is 316 g/mol. The molecule has 126 valence electrons. The number of para-hydroxylation sites is 1. The van der Waals surface area contributed by atoms with E-state index in [0.717, 1.165) is 16.6 Å². The van der Waals surface area contributed by atoms with Crippen molar-refractivity contribution in [2.45, 2.75) is 13.0 Å². The minimum atomic E-state index is -0.300. The summed E-state index contributed by atoms with van der Waals surface area (Å²) < 4.78 is 5.77. The summed E-state index contributed by atoms with van der Waals surface area (Å²) in [4.78, 5) is 27.7. The molecule has 1 atom stereocenters. The smallest absolute Gasteiger partial charge is 0.255 e. The highest BCUT2D eigenvalue weighted by molar-refractivity contribution is 5.97. The molecule has 0 N–H and O–H groups in total. The first-order valence-electron chi connectivity index (χ1n) is 8.26. The van der Waals surface area contributed by atoms with Crippen molar-refractivity contribution < 1.29 is 9.53 Å². The lowest BCUT2D eigenvalue weighted by atomic mass is 10.1. The van der Waals surface area contributed by atoms with E-state index in [4.69, 9.17) is 4.74 Å². The van der Waals surface area contributed by atoms with E-state index in [1.807, 2.05) is 43.3 Å². The van der Waals surface area contributed by atoms with Gasteiger partial charge in [0, 0.05) is 30.0 Å². The van der Waals surface area contributed by atoms with E-state index in [9.17, 15) is 4.79 Å². The monoisotopic (exact) mass is 334 g/mol. The van der Waals surface area contributed by atoms with E-state index in [-0.39, 0.29) is 12.0 Å². The number of amides is 1. The maximum absolute atomic E-state index is 12.9. The standard InChI is InChI=1S/C19H18N4O2/c1-13-6-7-20-18(22-13)17-12-23(8-9-25-17)19(24)15-10-14-4-2-3-5-16(14)21-11-15/h2-7,10-11,17H,8-9,12H2,1H3/t17-/m1/s1. The molecular formula is C19H18N4O2. The SMILES string of the molecule is Cc1ccnc([C@H]2CN(C(=O)c3cnc4ccccc4c3)CCO2)n1. The first-order chi connectivity index (χ1) is 12.2. The Morgan fingerprint density at radius 1 is 1.24 bits per heavy atom. The van der Waals surface area contributed by atoms with Crippen LogP contribution in [0, 0.1) is 6.92 Å². The highest BCUT2D eigenvalue weighted by Crippen LogP contribution is 2.21. The summed E-state index contributed by atoms with van der Waals surface area (Å²) in [7, 11) is 0. The number of pyridine rings is 1. The maximum Gasteiger partial charge on any atom is 0.255 e. The van der Waals surface area contributed by atoms with E-state index < -0.39 is 0 Å². The Bertz CT molecular complexity index is 928. The summed E-state index contributed by atoms with van der Waals surface area (Å²) in [5.74, 6) is 0.577. The van der Waals surface area contributed by atoms with Gasteiger partial charge in [-0.05, 0) is 25.1 Å².